The number of hydrogen-bond acceptors (Lipinski definition) is 2. The molecular formula is C9H13HgNO2S. The summed E-state index contributed by atoms with van der Waals surface area (Å²) in [6.45, 7) is 2.22. The zero-order chi connectivity index (χ0) is 10.6. The average Bonchev–Trinajstić information content (AvgIpc) is 2.14. The van der Waals surface area contributed by atoms with Crippen molar-refractivity contribution in [3.05, 3.63) is 29.8 Å². The van der Waals surface area contributed by atoms with Crippen molar-refractivity contribution in [1.82, 2.24) is 0 Å². The van der Waals surface area contributed by atoms with Gasteiger partial charge in [-0.15, -0.1) is 0 Å². The van der Waals surface area contributed by atoms with E-state index >= 15 is 0 Å². The Morgan fingerprint density at radius 2 is 1.86 bits per heavy atom. The molecule has 3 nitrogen and oxygen atoms in total. The molecule has 0 amide bonds. The number of benzene rings is 1. The fraction of sp³-hybridized carbons (Fsp3) is 0.333. The van der Waals surface area contributed by atoms with Crippen LogP contribution < -0.4 is 5.14 Å². The molecule has 0 fully saturated rings. The molecule has 1 aromatic carbocycles. The molecule has 0 saturated heterocycles. The Labute approximate surface area is 97.2 Å². The third-order valence-electron chi connectivity index (χ3n) is 2.07. The topological polar surface area (TPSA) is 60.2 Å². The first-order chi connectivity index (χ1) is 6.54. The van der Waals surface area contributed by atoms with E-state index in [9.17, 15) is 8.42 Å². The van der Waals surface area contributed by atoms with E-state index in [1.165, 1.54) is 13.4 Å². The first-order valence-electron chi connectivity index (χ1n) is 4.66. The summed E-state index contributed by atoms with van der Waals surface area (Å²) in [5, 5.41) is 4.99. The molecule has 5 heteroatoms. The number of hydrogen-bond donors (Lipinski definition) is 1. The van der Waals surface area contributed by atoms with Crippen molar-refractivity contribution in [2.24, 2.45) is 5.14 Å². The standard InChI is InChI=1S/C7H8NO2S.C2H5.Hg/c1-6-2-4-7(5-3-6)11(8,9)10;1-2;/h2-5H,1H2,(H2,8,9,10);1H2,2H3;. The van der Waals surface area contributed by atoms with Crippen LogP contribution in [0.1, 0.15) is 12.5 Å². The normalized spacial score (nSPS) is 11.0. The summed E-state index contributed by atoms with van der Waals surface area (Å²) < 4.78 is 24.5. The molecule has 1 aromatic rings. The molecule has 0 atom stereocenters. The van der Waals surface area contributed by atoms with Gasteiger partial charge in [-0.1, -0.05) is 0 Å². The second kappa shape index (κ2) is 5.23. The summed E-state index contributed by atoms with van der Waals surface area (Å²) in [7, 11) is -3.52. The van der Waals surface area contributed by atoms with Crippen LogP contribution in [0.15, 0.2) is 29.2 Å². The summed E-state index contributed by atoms with van der Waals surface area (Å²) in [6, 6.07) is 6.92. The van der Waals surface area contributed by atoms with Gasteiger partial charge in [-0.3, -0.25) is 0 Å². The Balaban J connectivity index is 2.79. The van der Waals surface area contributed by atoms with Crippen LogP contribution in [-0.2, 0) is 38.5 Å². The van der Waals surface area contributed by atoms with Crippen LogP contribution in [0.4, 0.5) is 0 Å². The number of primary sulfonamides is 1. The molecule has 0 heterocycles. The summed E-state index contributed by atoms with van der Waals surface area (Å²) in [5.41, 5.74) is 1.25. The van der Waals surface area contributed by atoms with E-state index in [0.29, 0.717) is 0 Å². The summed E-state index contributed by atoms with van der Waals surface area (Å²) >= 11 is -0.678. The molecular weight excluding hydrogens is 387 g/mol. The molecule has 2 N–H and O–H groups in total. The number of rotatable bonds is 4. The first-order valence-corrected chi connectivity index (χ1v) is 14.0. The van der Waals surface area contributed by atoms with Crippen molar-refractivity contribution >= 4 is 10.0 Å². The Hall–Kier alpha value is 0.0651. The van der Waals surface area contributed by atoms with Crippen molar-refractivity contribution in [3.8, 4) is 0 Å². The van der Waals surface area contributed by atoms with E-state index < -0.39 is 34.6 Å². The monoisotopic (exact) mass is 401 g/mol. The molecule has 0 aliphatic rings. The van der Waals surface area contributed by atoms with E-state index in [4.69, 9.17) is 5.14 Å². The Kier molecular flexibility index (Phi) is 4.54. The first kappa shape index (κ1) is 12.1. The fourth-order valence-electron chi connectivity index (χ4n) is 1.23. The molecule has 0 aromatic heterocycles. The molecule has 0 unspecified atom stereocenters. The zero-order valence-electron chi connectivity index (χ0n) is 8.23. The quantitative estimate of drug-likeness (QED) is 0.777. The molecule has 0 bridgehead atoms. The molecule has 0 saturated carbocycles. The third-order valence-corrected chi connectivity index (χ3v) is 9.37. The van der Waals surface area contributed by atoms with E-state index in [2.05, 4.69) is 6.92 Å². The Morgan fingerprint density at radius 1 is 1.29 bits per heavy atom. The van der Waals surface area contributed by atoms with Crippen molar-refractivity contribution < 1.29 is 33.0 Å². The van der Waals surface area contributed by atoms with E-state index in [1.54, 1.807) is 12.1 Å². The van der Waals surface area contributed by atoms with Gasteiger partial charge in [-0.05, 0) is 0 Å². The second-order valence-corrected chi connectivity index (χ2v) is 13.4. The van der Waals surface area contributed by atoms with Gasteiger partial charge in [0, 0.05) is 0 Å². The van der Waals surface area contributed by atoms with Crippen LogP contribution >= 0.6 is 0 Å². The summed E-state index contributed by atoms with van der Waals surface area (Å²) in [4.78, 5) is 0.203. The van der Waals surface area contributed by atoms with Gasteiger partial charge in [-0.2, -0.15) is 0 Å². The van der Waals surface area contributed by atoms with Gasteiger partial charge in [0.15, 0.2) is 0 Å². The van der Waals surface area contributed by atoms with Gasteiger partial charge >= 0.3 is 97.7 Å². The van der Waals surface area contributed by atoms with Crippen LogP contribution in [0, 0.1) is 0 Å². The van der Waals surface area contributed by atoms with Gasteiger partial charge in [0.05, 0.1) is 0 Å². The van der Waals surface area contributed by atoms with Crippen LogP contribution in [-0.4, -0.2) is 8.42 Å². The molecule has 0 aliphatic carbocycles. The van der Waals surface area contributed by atoms with Crippen LogP contribution in [0.5, 0.6) is 0 Å². The summed E-state index contributed by atoms with van der Waals surface area (Å²) in [5.74, 6) is 0. The van der Waals surface area contributed by atoms with E-state index in [1.807, 2.05) is 12.1 Å². The van der Waals surface area contributed by atoms with Crippen molar-refractivity contribution in [2.75, 3.05) is 0 Å². The minimum absolute atomic E-state index is 0.203. The van der Waals surface area contributed by atoms with Gasteiger partial charge in [0.2, 0.25) is 0 Å². The summed E-state index contributed by atoms with van der Waals surface area (Å²) in [6.07, 6.45) is 0. The molecule has 0 spiro atoms. The van der Waals surface area contributed by atoms with Crippen molar-refractivity contribution in [2.45, 2.75) is 19.7 Å². The fourth-order valence-corrected chi connectivity index (χ4v) is 6.00. The molecule has 0 radical (unpaired) electrons. The SMILES string of the molecule is C[CH2][Hg][CH2]c1ccc(S(N)(=O)=O)cc1. The van der Waals surface area contributed by atoms with Gasteiger partial charge in [0.25, 0.3) is 0 Å². The van der Waals surface area contributed by atoms with Crippen LogP contribution in [0.3, 0.4) is 0 Å². The van der Waals surface area contributed by atoms with E-state index in [-0.39, 0.29) is 4.90 Å². The molecule has 14 heavy (non-hydrogen) atoms. The predicted molar refractivity (Wildman–Crippen MR) is 52.0 cm³/mol. The maximum absolute atomic E-state index is 10.9. The van der Waals surface area contributed by atoms with Gasteiger partial charge in [0.1, 0.15) is 0 Å². The van der Waals surface area contributed by atoms with Crippen LogP contribution in [0.2, 0.25) is 3.93 Å². The van der Waals surface area contributed by atoms with Gasteiger partial charge < -0.3 is 0 Å². The van der Waals surface area contributed by atoms with Crippen LogP contribution in [0.25, 0.3) is 0 Å². The van der Waals surface area contributed by atoms with Crippen molar-refractivity contribution in [1.29, 1.82) is 0 Å². The van der Waals surface area contributed by atoms with E-state index in [0.717, 1.165) is 0 Å². The molecule has 0 aliphatic heterocycles. The Bertz CT molecular complexity index is 386. The predicted octanol–water partition coefficient (Wildman–Crippen LogP) is 1.35. The average molecular weight is 400 g/mol. The molecule has 1 rings (SSSR count). The second-order valence-electron chi connectivity index (χ2n) is 3.29. The van der Waals surface area contributed by atoms with Gasteiger partial charge in [-0.25, -0.2) is 0 Å². The molecule has 74 valence electrons. The number of nitrogens with two attached hydrogens (primary N) is 1. The maximum atomic E-state index is 10.9. The minimum atomic E-state index is -3.52. The third kappa shape index (κ3) is 3.67. The number of sulfonamides is 1. The Morgan fingerprint density at radius 3 is 2.29 bits per heavy atom. The van der Waals surface area contributed by atoms with Crippen molar-refractivity contribution in [3.63, 3.8) is 0 Å². The zero-order valence-corrected chi connectivity index (χ0v) is 14.5.